The van der Waals surface area contributed by atoms with Gasteiger partial charge in [-0.25, -0.2) is 0 Å². The molecule has 23 heavy (non-hydrogen) atoms. The minimum absolute atomic E-state index is 0.0323. The lowest BCUT2D eigenvalue weighted by molar-refractivity contribution is -0.145. The Morgan fingerprint density at radius 1 is 0.696 bits per heavy atom. The Bertz CT molecular complexity index is 250. The van der Waals surface area contributed by atoms with Crippen LogP contribution in [0.1, 0.15) is 117 Å². The topological polar surface area (TPSA) is 26.3 Å². The fourth-order valence-electron chi connectivity index (χ4n) is 3.05. The predicted octanol–water partition coefficient (Wildman–Crippen LogP) is 7.06. The van der Waals surface area contributed by atoms with Crippen LogP contribution in [0, 0.1) is 5.92 Å². The molecule has 0 N–H and O–H groups in total. The van der Waals surface area contributed by atoms with Gasteiger partial charge in [0.25, 0.3) is 0 Å². The molecule has 0 aromatic heterocycles. The predicted molar refractivity (Wildman–Crippen MR) is 101 cm³/mol. The number of carbonyl (C=O) groups excluding carboxylic acids is 1. The first kappa shape index (κ1) is 22.5. The first-order valence-corrected chi connectivity index (χ1v) is 10.4. The number of rotatable bonds is 17. The average molecular weight is 327 g/mol. The third kappa shape index (κ3) is 16.1. The summed E-state index contributed by atoms with van der Waals surface area (Å²) < 4.78 is 5.36. The van der Waals surface area contributed by atoms with Crippen molar-refractivity contribution in [3.05, 3.63) is 0 Å². The highest BCUT2D eigenvalue weighted by Gasteiger charge is 2.14. The lowest BCUT2D eigenvalue weighted by Gasteiger charge is -2.16. The van der Waals surface area contributed by atoms with Gasteiger partial charge < -0.3 is 4.74 Å². The molecule has 0 rings (SSSR count). The monoisotopic (exact) mass is 326 g/mol. The second-order valence-corrected chi connectivity index (χ2v) is 7.05. The lowest BCUT2D eigenvalue weighted by atomic mass is 9.91. The van der Waals surface area contributed by atoms with Gasteiger partial charge in [0.05, 0.1) is 6.61 Å². The summed E-state index contributed by atoms with van der Waals surface area (Å²) >= 11 is 0. The van der Waals surface area contributed by atoms with E-state index >= 15 is 0 Å². The Labute approximate surface area is 145 Å². The molecule has 0 aliphatic carbocycles. The summed E-state index contributed by atoms with van der Waals surface area (Å²) in [5.74, 6) is 0.581. The summed E-state index contributed by atoms with van der Waals surface area (Å²) in [7, 11) is 0. The van der Waals surface area contributed by atoms with Crippen LogP contribution in [0.25, 0.3) is 0 Å². The Morgan fingerprint density at radius 2 is 1.17 bits per heavy atom. The molecule has 0 aromatic rings. The SMILES string of the molecule is CCCCCCCCC(CCCCCC)CC(=O)OCCCC. The highest BCUT2D eigenvalue weighted by Crippen LogP contribution is 2.22. The molecule has 0 heterocycles. The quantitative estimate of drug-likeness (QED) is 0.211. The third-order valence-electron chi connectivity index (χ3n) is 4.65. The summed E-state index contributed by atoms with van der Waals surface area (Å²) in [5.41, 5.74) is 0. The lowest BCUT2D eigenvalue weighted by Crippen LogP contribution is -2.13. The van der Waals surface area contributed by atoms with Crippen molar-refractivity contribution in [2.45, 2.75) is 117 Å². The van der Waals surface area contributed by atoms with Crippen LogP contribution in [0.5, 0.6) is 0 Å². The maximum Gasteiger partial charge on any atom is 0.306 e. The van der Waals surface area contributed by atoms with Crippen LogP contribution in [0.2, 0.25) is 0 Å². The molecule has 1 unspecified atom stereocenters. The fourth-order valence-corrected chi connectivity index (χ4v) is 3.05. The summed E-state index contributed by atoms with van der Waals surface area (Å²) in [5, 5.41) is 0. The van der Waals surface area contributed by atoms with Gasteiger partial charge in [-0.15, -0.1) is 0 Å². The molecule has 0 aliphatic heterocycles. The van der Waals surface area contributed by atoms with Gasteiger partial charge in [-0.3, -0.25) is 4.79 Å². The van der Waals surface area contributed by atoms with Gasteiger partial charge in [0.1, 0.15) is 0 Å². The molecule has 2 nitrogen and oxygen atoms in total. The molecule has 138 valence electrons. The van der Waals surface area contributed by atoms with E-state index in [2.05, 4.69) is 20.8 Å². The second-order valence-electron chi connectivity index (χ2n) is 7.05. The molecule has 0 bridgehead atoms. The number of esters is 1. The van der Waals surface area contributed by atoms with Crippen molar-refractivity contribution in [1.29, 1.82) is 0 Å². The van der Waals surface area contributed by atoms with Crippen LogP contribution in [0.15, 0.2) is 0 Å². The highest BCUT2D eigenvalue weighted by molar-refractivity contribution is 5.69. The first-order chi connectivity index (χ1) is 11.2. The zero-order valence-electron chi connectivity index (χ0n) is 16.2. The second kappa shape index (κ2) is 17.8. The molecule has 0 aromatic carbocycles. The maximum absolute atomic E-state index is 12.0. The molecular formula is C21H42O2. The van der Waals surface area contributed by atoms with E-state index in [1.54, 1.807) is 0 Å². The van der Waals surface area contributed by atoms with E-state index in [9.17, 15) is 4.79 Å². The summed E-state index contributed by atoms with van der Waals surface area (Å²) in [4.78, 5) is 12.0. The van der Waals surface area contributed by atoms with E-state index in [-0.39, 0.29) is 5.97 Å². The zero-order chi connectivity index (χ0) is 17.2. The van der Waals surface area contributed by atoms with Crippen LogP contribution < -0.4 is 0 Å². The highest BCUT2D eigenvalue weighted by atomic mass is 16.5. The summed E-state index contributed by atoms with van der Waals surface area (Å²) in [6.07, 6.45) is 18.3. The molecule has 0 saturated carbocycles. The molecule has 0 fully saturated rings. The summed E-state index contributed by atoms with van der Waals surface area (Å²) in [6.45, 7) is 7.24. The van der Waals surface area contributed by atoms with E-state index in [4.69, 9.17) is 4.74 Å². The number of hydrogen-bond acceptors (Lipinski definition) is 2. The molecule has 0 spiro atoms. The molecule has 0 aliphatic rings. The first-order valence-electron chi connectivity index (χ1n) is 10.4. The van der Waals surface area contributed by atoms with Crippen molar-refractivity contribution in [3.8, 4) is 0 Å². The number of ether oxygens (including phenoxy) is 1. The smallest absolute Gasteiger partial charge is 0.306 e. The normalized spacial score (nSPS) is 12.3. The Morgan fingerprint density at radius 3 is 1.74 bits per heavy atom. The van der Waals surface area contributed by atoms with Gasteiger partial charge in [-0.2, -0.15) is 0 Å². The standard InChI is InChI=1S/C21H42O2/c1-4-7-10-12-13-15-17-20(16-14-11-8-5-2)19-21(22)23-18-9-6-3/h20H,4-19H2,1-3H3. The van der Waals surface area contributed by atoms with Crippen molar-refractivity contribution in [1.82, 2.24) is 0 Å². The van der Waals surface area contributed by atoms with E-state index in [1.165, 1.54) is 77.0 Å². The zero-order valence-corrected chi connectivity index (χ0v) is 16.2. The van der Waals surface area contributed by atoms with Crippen LogP contribution in [0.3, 0.4) is 0 Å². The molecule has 0 amide bonds. The van der Waals surface area contributed by atoms with Gasteiger partial charge in [-0.05, 0) is 25.2 Å². The number of unbranched alkanes of at least 4 members (excludes halogenated alkanes) is 9. The van der Waals surface area contributed by atoms with Gasteiger partial charge >= 0.3 is 5.97 Å². The van der Waals surface area contributed by atoms with E-state index in [0.717, 1.165) is 12.8 Å². The number of hydrogen-bond donors (Lipinski definition) is 0. The van der Waals surface area contributed by atoms with Crippen molar-refractivity contribution < 1.29 is 9.53 Å². The minimum Gasteiger partial charge on any atom is -0.466 e. The van der Waals surface area contributed by atoms with E-state index < -0.39 is 0 Å². The van der Waals surface area contributed by atoms with Crippen molar-refractivity contribution >= 4 is 5.97 Å². The molecular weight excluding hydrogens is 284 g/mol. The van der Waals surface area contributed by atoms with Crippen molar-refractivity contribution in [2.75, 3.05) is 6.61 Å². The van der Waals surface area contributed by atoms with Crippen molar-refractivity contribution in [2.24, 2.45) is 5.92 Å². The molecule has 0 saturated heterocycles. The molecule has 0 radical (unpaired) electrons. The van der Waals surface area contributed by atoms with Crippen LogP contribution in [0.4, 0.5) is 0 Å². The molecule has 2 heteroatoms. The van der Waals surface area contributed by atoms with Crippen LogP contribution in [-0.2, 0) is 9.53 Å². The maximum atomic E-state index is 12.0. The van der Waals surface area contributed by atoms with Gasteiger partial charge in [0, 0.05) is 6.42 Å². The molecule has 1 atom stereocenters. The minimum atomic E-state index is 0.0323. The Hall–Kier alpha value is -0.530. The Kier molecular flexibility index (Phi) is 17.4. The largest absolute Gasteiger partial charge is 0.466 e. The van der Waals surface area contributed by atoms with E-state index in [0.29, 0.717) is 18.9 Å². The fraction of sp³-hybridized carbons (Fsp3) is 0.952. The Balaban J connectivity index is 3.94. The van der Waals surface area contributed by atoms with Crippen LogP contribution in [-0.4, -0.2) is 12.6 Å². The third-order valence-corrected chi connectivity index (χ3v) is 4.65. The van der Waals surface area contributed by atoms with E-state index in [1.807, 2.05) is 0 Å². The van der Waals surface area contributed by atoms with Crippen molar-refractivity contribution in [3.63, 3.8) is 0 Å². The van der Waals surface area contributed by atoms with Crippen LogP contribution >= 0.6 is 0 Å². The average Bonchev–Trinajstić information content (AvgIpc) is 2.54. The summed E-state index contributed by atoms with van der Waals surface area (Å²) in [6, 6.07) is 0. The van der Waals surface area contributed by atoms with Gasteiger partial charge in [0.15, 0.2) is 0 Å². The number of carbonyl (C=O) groups is 1. The van der Waals surface area contributed by atoms with Gasteiger partial charge in [-0.1, -0.05) is 91.4 Å². The van der Waals surface area contributed by atoms with Gasteiger partial charge in [0.2, 0.25) is 0 Å².